The fourth-order valence-corrected chi connectivity index (χ4v) is 1.15. The summed E-state index contributed by atoms with van der Waals surface area (Å²) in [5, 5.41) is 0. The first-order chi connectivity index (χ1) is 4.75. The molecule has 52 valence electrons. The molecule has 0 saturated heterocycles. The molecule has 0 saturated carbocycles. The highest BCUT2D eigenvalue weighted by atomic mass is 127. The van der Waals surface area contributed by atoms with Gasteiger partial charge in [0.15, 0.2) is 6.29 Å². The van der Waals surface area contributed by atoms with Gasteiger partial charge in [-0.1, -0.05) is 12.1 Å². The lowest BCUT2D eigenvalue weighted by Gasteiger charge is -1.98. The van der Waals surface area contributed by atoms with Crippen molar-refractivity contribution in [1.82, 2.24) is 0 Å². The summed E-state index contributed by atoms with van der Waals surface area (Å²) in [5.41, 5.74) is 6.84. The number of hydrogen-bond donors (Lipinski definition) is 1. The lowest BCUT2D eigenvalue weighted by molar-refractivity contribution is 0.112. The lowest BCUT2D eigenvalue weighted by Crippen LogP contribution is -1.92. The minimum Gasteiger partial charge on any atom is -0.398 e. The van der Waals surface area contributed by atoms with Gasteiger partial charge in [-0.25, -0.2) is 0 Å². The number of aldehydes is 1. The van der Waals surface area contributed by atoms with Gasteiger partial charge in [-0.3, -0.25) is 4.79 Å². The predicted molar refractivity (Wildman–Crippen MR) is 49.0 cm³/mol. The third-order valence-corrected chi connectivity index (χ3v) is 2.43. The van der Waals surface area contributed by atoms with Crippen LogP contribution in [0.4, 0.5) is 5.69 Å². The number of halogens is 1. The van der Waals surface area contributed by atoms with Crippen LogP contribution in [0.15, 0.2) is 18.2 Å². The zero-order valence-electron chi connectivity index (χ0n) is 5.17. The number of nitrogens with two attached hydrogens (primary N) is 1. The van der Waals surface area contributed by atoms with Crippen molar-refractivity contribution in [3.05, 3.63) is 27.3 Å². The van der Waals surface area contributed by atoms with Crippen LogP contribution in [-0.4, -0.2) is 6.29 Å². The number of rotatable bonds is 1. The van der Waals surface area contributed by atoms with Crippen molar-refractivity contribution in [2.24, 2.45) is 0 Å². The SMILES string of the molecule is Nc1cccc(C=O)c1I. The lowest BCUT2D eigenvalue weighted by atomic mass is 10.2. The van der Waals surface area contributed by atoms with Gasteiger partial charge in [0.25, 0.3) is 0 Å². The summed E-state index contributed by atoms with van der Waals surface area (Å²) in [6, 6.07) is 5.28. The maximum Gasteiger partial charge on any atom is 0.151 e. The molecule has 0 aromatic heterocycles. The van der Waals surface area contributed by atoms with Crippen LogP contribution in [0.2, 0.25) is 0 Å². The standard InChI is InChI=1S/C7H6INO/c8-7-5(4-10)2-1-3-6(7)9/h1-4H,9H2. The Balaban J connectivity index is 3.27. The Bertz CT molecular complexity index is 260. The van der Waals surface area contributed by atoms with Gasteiger partial charge >= 0.3 is 0 Å². The molecule has 0 heterocycles. The van der Waals surface area contributed by atoms with Crippen molar-refractivity contribution < 1.29 is 4.79 Å². The number of carbonyl (C=O) groups excluding carboxylic acids is 1. The second-order valence-corrected chi connectivity index (χ2v) is 2.95. The summed E-state index contributed by atoms with van der Waals surface area (Å²) in [6.07, 6.45) is 0.804. The topological polar surface area (TPSA) is 43.1 Å². The van der Waals surface area contributed by atoms with Gasteiger partial charge in [-0.05, 0) is 28.7 Å². The Morgan fingerprint density at radius 1 is 1.50 bits per heavy atom. The first kappa shape index (κ1) is 7.53. The average molecular weight is 247 g/mol. The quantitative estimate of drug-likeness (QED) is 0.466. The average Bonchev–Trinajstić information content (AvgIpc) is 1.95. The summed E-state index contributed by atoms with van der Waals surface area (Å²) >= 11 is 2.05. The van der Waals surface area contributed by atoms with E-state index in [-0.39, 0.29) is 0 Å². The molecule has 0 bridgehead atoms. The molecule has 0 radical (unpaired) electrons. The second-order valence-electron chi connectivity index (χ2n) is 1.87. The molecule has 1 rings (SSSR count). The van der Waals surface area contributed by atoms with E-state index >= 15 is 0 Å². The molecular formula is C7H6INO. The highest BCUT2D eigenvalue weighted by Crippen LogP contribution is 2.16. The Hall–Kier alpha value is -0.580. The molecule has 0 aliphatic rings. The third-order valence-electron chi connectivity index (χ3n) is 1.19. The summed E-state index contributed by atoms with van der Waals surface area (Å²) in [6.45, 7) is 0. The molecule has 10 heavy (non-hydrogen) atoms. The van der Waals surface area contributed by atoms with E-state index in [2.05, 4.69) is 0 Å². The van der Waals surface area contributed by atoms with Crippen molar-refractivity contribution in [3.63, 3.8) is 0 Å². The predicted octanol–water partition coefficient (Wildman–Crippen LogP) is 1.69. The van der Waals surface area contributed by atoms with Crippen LogP contribution >= 0.6 is 22.6 Å². The fraction of sp³-hybridized carbons (Fsp3) is 0. The highest BCUT2D eigenvalue weighted by Gasteiger charge is 1.98. The largest absolute Gasteiger partial charge is 0.398 e. The first-order valence-electron chi connectivity index (χ1n) is 2.75. The van der Waals surface area contributed by atoms with E-state index in [0.29, 0.717) is 11.3 Å². The summed E-state index contributed by atoms with van der Waals surface area (Å²) in [4.78, 5) is 10.3. The molecule has 0 aliphatic carbocycles. The van der Waals surface area contributed by atoms with Crippen molar-refractivity contribution in [1.29, 1.82) is 0 Å². The van der Waals surface area contributed by atoms with Gasteiger partial charge in [0.1, 0.15) is 0 Å². The fourth-order valence-electron chi connectivity index (χ4n) is 0.659. The number of nitrogen functional groups attached to an aromatic ring is 1. The van der Waals surface area contributed by atoms with Gasteiger partial charge in [-0.2, -0.15) is 0 Å². The van der Waals surface area contributed by atoms with E-state index < -0.39 is 0 Å². The molecule has 0 fully saturated rings. The molecule has 0 spiro atoms. The molecular weight excluding hydrogens is 241 g/mol. The van der Waals surface area contributed by atoms with Crippen molar-refractivity contribution in [2.75, 3.05) is 5.73 Å². The number of benzene rings is 1. The van der Waals surface area contributed by atoms with Crippen LogP contribution < -0.4 is 5.73 Å². The molecule has 0 amide bonds. The highest BCUT2D eigenvalue weighted by molar-refractivity contribution is 14.1. The Morgan fingerprint density at radius 2 is 2.20 bits per heavy atom. The van der Waals surface area contributed by atoms with Gasteiger partial charge in [0, 0.05) is 14.8 Å². The Labute approximate surface area is 72.6 Å². The zero-order valence-corrected chi connectivity index (χ0v) is 7.33. The number of hydrogen-bond acceptors (Lipinski definition) is 2. The molecule has 2 nitrogen and oxygen atoms in total. The molecule has 1 aromatic carbocycles. The maximum atomic E-state index is 10.3. The molecule has 3 heteroatoms. The van der Waals surface area contributed by atoms with E-state index in [1.54, 1.807) is 18.2 Å². The van der Waals surface area contributed by atoms with Gasteiger partial charge in [-0.15, -0.1) is 0 Å². The Morgan fingerprint density at radius 3 is 2.70 bits per heavy atom. The zero-order chi connectivity index (χ0) is 7.56. The summed E-state index contributed by atoms with van der Waals surface area (Å²) < 4.78 is 0.829. The monoisotopic (exact) mass is 247 g/mol. The molecule has 0 atom stereocenters. The van der Waals surface area contributed by atoms with Crippen molar-refractivity contribution >= 4 is 34.6 Å². The van der Waals surface area contributed by atoms with Gasteiger partial charge < -0.3 is 5.73 Å². The van der Waals surface area contributed by atoms with Crippen LogP contribution in [-0.2, 0) is 0 Å². The van der Waals surface area contributed by atoms with Gasteiger partial charge in [0.2, 0.25) is 0 Å². The van der Waals surface area contributed by atoms with Crippen LogP contribution in [0.5, 0.6) is 0 Å². The van der Waals surface area contributed by atoms with E-state index in [9.17, 15) is 4.79 Å². The molecule has 0 unspecified atom stereocenters. The summed E-state index contributed by atoms with van der Waals surface area (Å²) in [7, 11) is 0. The van der Waals surface area contributed by atoms with Crippen LogP contribution in [0.1, 0.15) is 10.4 Å². The number of anilines is 1. The van der Waals surface area contributed by atoms with E-state index in [0.717, 1.165) is 9.86 Å². The maximum absolute atomic E-state index is 10.3. The molecule has 0 aliphatic heterocycles. The van der Waals surface area contributed by atoms with E-state index in [1.807, 2.05) is 22.6 Å². The van der Waals surface area contributed by atoms with E-state index in [1.165, 1.54) is 0 Å². The first-order valence-corrected chi connectivity index (χ1v) is 3.82. The summed E-state index contributed by atoms with van der Waals surface area (Å²) in [5.74, 6) is 0. The van der Waals surface area contributed by atoms with Crippen LogP contribution in [0.25, 0.3) is 0 Å². The van der Waals surface area contributed by atoms with Crippen LogP contribution in [0, 0.1) is 3.57 Å². The normalized spacial score (nSPS) is 9.30. The van der Waals surface area contributed by atoms with E-state index in [4.69, 9.17) is 5.73 Å². The minimum atomic E-state index is 0.653. The molecule has 1 aromatic rings. The smallest absolute Gasteiger partial charge is 0.151 e. The van der Waals surface area contributed by atoms with Crippen molar-refractivity contribution in [3.8, 4) is 0 Å². The Kier molecular flexibility index (Phi) is 2.26. The molecule has 2 N–H and O–H groups in total. The van der Waals surface area contributed by atoms with Crippen molar-refractivity contribution in [2.45, 2.75) is 0 Å². The van der Waals surface area contributed by atoms with Gasteiger partial charge in [0.05, 0.1) is 0 Å². The second kappa shape index (κ2) is 3.01. The number of carbonyl (C=O) groups is 1. The third kappa shape index (κ3) is 1.29. The van der Waals surface area contributed by atoms with Crippen LogP contribution in [0.3, 0.4) is 0 Å². The minimum absolute atomic E-state index is 0.653.